The summed E-state index contributed by atoms with van der Waals surface area (Å²) in [6.07, 6.45) is 9.52. The molecule has 7 nitrogen and oxygen atoms in total. The first-order chi connectivity index (χ1) is 16.0. The molecule has 0 atom stereocenters. The van der Waals surface area contributed by atoms with Crippen molar-refractivity contribution >= 4 is 6.16 Å². The molecule has 0 radical (unpaired) electrons. The Labute approximate surface area is 199 Å². The van der Waals surface area contributed by atoms with Crippen molar-refractivity contribution in [3.05, 3.63) is 5.56 Å². The van der Waals surface area contributed by atoms with Crippen molar-refractivity contribution in [1.29, 1.82) is 0 Å². The van der Waals surface area contributed by atoms with Crippen molar-refractivity contribution < 1.29 is 34.0 Å². The van der Waals surface area contributed by atoms with Crippen LogP contribution in [-0.2, 0) is 6.42 Å². The summed E-state index contributed by atoms with van der Waals surface area (Å²) in [4.78, 5) is 11.5. The minimum Gasteiger partial charge on any atom is -0.502 e. The van der Waals surface area contributed by atoms with Crippen LogP contribution in [0.3, 0.4) is 0 Å². The van der Waals surface area contributed by atoms with Crippen molar-refractivity contribution in [3.8, 4) is 28.7 Å². The smallest absolute Gasteiger partial charge is 0.502 e. The van der Waals surface area contributed by atoms with Gasteiger partial charge in [0.2, 0.25) is 17.2 Å². The number of carboxylic acid groups (broad SMARTS) is 1. The maximum atomic E-state index is 11.5. The molecule has 1 rings (SSSR count). The van der Waals surface area contributed by atoms with Crippen LogP contribution in [0.4, 0.5) is 4.79 Å². The standard InChI is InChI=1S/C26H44O7/c1-5-9-13-14-15-16-20-22(33-26(28)29)21(27)24(31-18-11-7-3)25(32-19-12-8-4)23(20)30-17-10-6-2/h27H,5-19H2,1-4H3,(H,28,29). The van der Waals surface area contributed by atoms with E-state index >= 15 is 0 Å². The maximum Gasteiger partial charge on any atom is 0.511 e. The Morgan fingerprint density at radius 3 is 1.64 bits per heavy atom. The summed E-state index contributed by atoms with van der Waals surface area (Å²) in [6.45, 7) is 9.62. The van der Waals surface area contributed by atoms with Gasteiger partial charge >= 0.3 is 6.16 Å². The highest BCUT2D eigenvalue weighted by Crippen LogP contribution is 2.54. The predicted molar refractivity (Wildman–Crippen MR) is 130 cm³/mol. The average Bonchev–Trinajstić information content (AvgIpc) is 2.79. The molecule has 1 aromatic carbocycles. The Hall–Kier alpha value is -2.31. The minimum atomic E-state index is -1.49. The van der Waals surface area contributed by atoms with Crippen molar-refractivity contribution in [2.75, 3.05) is 19.8 Å². The topological polar surface area (TPSA) is 94.5 Å². The SMILES string of the molecule is CCCCCCCc1c(OC(=O)O)c(O)c(OCCCC)c(OCCCC)c1OCCCC. The van der Waals surface area contributed by atoms with Gasteiger partial charge in [0.15, 0.2) is 11.5 Å². The molecule has 0 aliphatic rings. The lowest BCUT2D eigenvalue weighted by atomic mass is 10.0. The van der Waals surface area contributed by atoms with Gasteiger partial charge in [-0.05, 0) is 32.1 Å². The van der Waals surface area contributed by atoms with Crippen LogP contribution in [-0.4, -0.2) is 36.2 Å². The summed E-state index contributed by atoms with van der Waals surface area (Å²) < 4.78 is 23.2. The number of phenolic OH excluding ortho intramolecular Hbond substituents is 1. The first kappa shape index (κ1) is 28.7. The Kier molecular flexibility index (Phi) is 15.0. The summed E-state index contributed by atoms with van der Waals surface area (Å²) in [5, 5.41) is 20.4. The molecule has 0 aliphatic carbocycles. The third kappa shape index (κ3) is 10.0. The average molecular weight is 469 g/mol. The molecule has 190 valence electrons. The number of benzene rings is 1. The molecule has 0 aliphatic heterocycles. The van der Waals surface area contributed by atoms with Crippen molar-refractivity contribution in [3.63, 3.8) is 0 Å². The molecule has 33 heavy (non-hydrogen) atoms. The van der Waals surface area contributed by atoms with Crippen LogP contribution in [0, 0.1) is 0 Å². The molecule has 0 saturated heterocycles. The summed E-state index contributed by atoms with van der Waals surface area (Å²) >= 11 is 0. The van der Waals surface area contributed by atoms with Crippen LogP contribution in [0.2, 0.25) is 0 Å². The van der Waals surface area contributed by atoms with Crippen molar-refractivity contribution in [1.82, 2.24) is 0 Å². The zero-order valence-electron chi connectivity index (χ0n) is 21.0. The quantitative estimate of drug-likeness (QED) is 0.123. The Bertz CT molecular complexity index is 688. The van der Waals surface area contributed by atoms with Gasteiger partial charge in [0, 0.05) is 5.56 Å². The van der Waals surface area contributed by atoms with E-state index in [1.165, 1.54) is 0 Å². The number of aromatic hydroxyl groups is 1. The minimum absolute atomic E-state index is 0.0945. The van der Waals surface area contributed by atoms with Crippen LogP contribution in [0.5, 0.6) is 28.7 Å². The Balaban J connectivity index is 3.51. The zero-order valence-corrected chi connectivity index (χ0v) is 21.0. The number of phenols is 1. The number of unbranched alkanes of at least 4 members (excludes halogenated alkanes) is 7. The highest BCUT2D eigenvalue weighted by Gasteiger charge is 2.30. The predicted octanol–water partition coefficient (Wildman–Crippen LogP) is 7.50. The van der Waals surface area contributed by atoms with E-state index < -0.39 is 6.16 Å². The fraction of sp³-hybridized carbons (Fsp3) is 0.731. The van der Waals surface area contributed by atoms with Gasteiger partial charge in [-0.3, -0.25) is 0 Å². The summed E-state index contributed by atoms with van der Waals surface area (Å²) in [6, 6.07) is 0. The van der Waals surface area contributed by atoms with Gasteiger partial charge in [0.05, 0.1) is 19.8 Å². The van der Waals surface area contributed by atoms with Crippen LogP contribution < -0.4 is 18.9 Å². The van der Waals surface area contributed by atoms with Gasteiger partial charge in [-0.15, -0.1) is 0 Å². The maximum absolute atomic E-state index is 11.5. The molecule has 0 bridgehead atoms. The number of hydrogen-bond donors (Lipinski definition) is 2. The molecule has 0 saturated carbocycles. The molecule has 0 amide bonds. The highest BCUT2D eigenvalue weighted by atomic mass is 16.7. The Morgan fingerprint density at radius 1 is 0.636 bits per heavy atom. The molecule has 1 aromatic rings. The molecule has 0 fully saturated rings. The molecule has 7 heteroatoms. The molecule has 2 N–H and O–H groups in total. The van der Waals surface area contributed by atoms with Gasteiger partial charge < -0.3 is 29.2 Å². The van der Waals surface area contributed by atoms with E-state index in [2.05, 4.69) is 20.8 Å². The molecule has 0 aromatic heterocycles. The number of rotatable bonds is 19. The molecular formula is C26H44O7. The molecule has 0 unspecified atom stereocenters. The second kappa shape index (κ2) is 17.2. The summed E-state index contributed by atoms with van der Waals surface area (Å²) in [5.74, 6) is 0.410. The fourth-order valence-electron chi connectivity index (χ4n) is 3.40. The van der Waals surface area contributed by atoms with E-state index in [1.54, 1.807) is 0 Å². The first-order valence-electron chi connectivity index (χ1n) is 12.7. The van der Waals surface area contributed by atoms with Crippen molar-refractivity contribution in [2.45, 2.75) is 105 Å². The third-order valence-corrected chi connectivity index (χ3v) is 5.34. The van der Waals surface area contributed by atoms with Gasteiger partial charge in [0.1, 0.15) is 0 Å². The van der Waals surface area contributed by atoms with Crippen LogP contribution in [0.15, 0.2) is 0 Å². The lowest BCUT2D eigenvalue weighted by Gasteiger charge is -2.23. The zero-order chi connectivity index (χ0) is 24.5. The second-order valence-corrected chi connectivity index (χ2v) is 8.28. The van der Waals surface area contributed by atoms with Crippen LogP contribution in [0.25, 0.3) is 0 Å². The van der Waals surface area contributed by atoms with E-state index in [0.29, 0.717) is 43.3 Å². The van der Waals surface area contributed by atoms with Gasteiger partial charge in [-0.25, -0.2) is 4.79 Å². The van der Waals surface area contributed by atoms with Crippen LogP contribution in [0.1, 0.15) is 104 Å². The molecule has 0 spiro atoms. The van der Waals surface area contributed by atoms with E-state index in [1.807, 2.05) is 6.92 Å². The third-order valence-electron chi connectivity index (χ3n) is 5.34. The molecule has 0 heterocycles. The second-order valence-electron chi connectivity index (χ2n) is 8.28. The summed E-state index contributed by atoms with van der Waals surface area (Å²) in [5.41, 5.74) is 0.525. The Morgan fingerprint density at radius 2 is 1.12 bits per heavy atom. The van der Waals surface area contributed by atoms with E-state index in [0.717, 1.165) is 70.6 Å². The normalized spacial score (nSPS) is 10.8. The first-order valence-corrected chi connectivity index (χ1v) is 12.7. The van der Waals surface area contributed by atoms with Gasteiger partial charge in [-0.1, -0.05) is 72.6 Å². The number of carbonyl (C=O) groups is 1. The lowest BCUT2D eigenvalue weighted by molar-refractivity contribution is 0.141. The summed E-state index contributed by atoms with van der Waals surface area (Å²) in [7, 11) is 0. The number of ether oxygens (including phenoxy) is 4. The highest BCUT2D eigenvalue weighted by molar-refractivity contribution is 5.73. The number of hydrogen-bond acceptors (Lipinski definition) is 6. The van der Waals surface area contributed by atoms with Crippen molar-refractivity contribution in [2.24, 2.45) is 0 Å². The largest absolute Gasteiger partial charge is 0.511 e. The van der Waals surface area contributed by atoms with E-state index in [9.17, 15) is 15.0 Å². The van der Waals surface area contributed by atoms with Gasteiger partial charge in [0.25, 0.3) is 0 Å². The lowest BCUT2D eigenvalue weighted by Crippen LogP contribution is -2.12. The van der Waals surface area contributed by atoms with E-state index in [4.69, 9.17) is 18.9 Å². The van der Waals surface area contributed by atoms with Gasteiger partial charge in [-0.2, -0.15) is 0 Å². The fourth-order valence-corrected chi connectivity index (χ4v) is 3.40. The molecular weight excluding hydrogens is 424 g/mol. The van der Waals surface area contributed by atoms with Crippen LogP contribution >= 0.6 is 0 Å². The van der Waals surface area contributed by atoms with E-state index in [-0.39, 0.29) is 17.2 Å². The monoisotopic (exact) mass is 468 g/mol.